The summed E-state index contributed by atoms with van der Waals surface area (Å²) in [6.45, 7) is 1.63. The lowest BCUT2D eigenvalue weighted by molar-refractivity contribution is -0.177. The first kappa shape index (κ1) is 21.4. The highest BCUT2D eigenvalue weighted by atomic mass is 35.5. The van der Waals surface area contributed by atoms with Gasteiger partial charge in [-0.25, -0.2) is 5.06 Å². The fourth-order valence-electron chi connectivity index (χ4n) is 3.31. The molecule has 150 valence electrons. The lowest BCUT2D eigenvalue weighted by Crippen LogP contribution is -2.40. The summed E-state index contributed by atoms with van der Waals surface area (Å²) in [7, 11) is 0. The fraction of sp³-hybridized carbons (Fsp3) is 0.350. The Morgan fingerprint density at radius 3 is 2.46 bits per heavy atom. The molecule has 1 fully saturated rings. The van der Waals surface area contributed by atoms with Gasteiger partial charge in [-0.3, -0.25) is 14.9 Å². The number of nitrogens with zero attached hydrogens (tertiary/aromatic N) is 2. The van der Waals surface area contributed by atoms with E-state index in [9.17, 15) is 15.1 Å². The van der Waals surface area contributed by atoms with E-state index in [0.29, 0.717) is 46.7 Å². The van der Waals surface area contributed by atoms with Crippen LogP contribution in [0.3, 0.4) is 0 Å². The van der Waals surface area contributed by atoms with Crippen LogP contribution in [0.25, 0.3) is 0 Å². The van der Waals surface area contributed by atoms with E-state index in [-0.39, 0.29) is 12.5 Å². The molecular formula is C20H21Cl3N2O3. The minimum atomic E-state index is -0.585. The number of hydroxylamine groups is 2. The zero-order valence-electron chi connectivity index (χ0n) is 15.1. The lowest BCUT2D eigenvalue weighted by atomic mass is 10.0. The van der Waals surface area contributed by atoms with Gasteiger partial charge in [0.1, 0.15) is 0 Å². The molecule has 0 aliphatic carbocycles. The van der Waals surface area contributed by atoms with Crippen molar-refractivity contribution in [1.29, 1.82) is 0 Å². The maximum atomic E-state index is 12.7. The van der Waals surface area contributed by atoms with Gasteiger partial charge >= 0.3 is 0 Å². The molecule has 1 heterocycles. The summed E-state index contributed by atoms with van der Waals surface area (Å²) in [6, 6.07) is 11.4. The maximum Gasteiger partial charge on any atom is 0.250 e. The monoisotopic (exact) mass is 442 g/mol. The number of carbonyl (C=O) groups excluding carboxylic acids is 1. The van der Waals surface area contributed by atoms with Gasteiger partial charge in [-0.2, -0.15) is 0 Å². The number of aliphatic hydroxyl groups is 1. The average molecular weight is 444 g/mol. The number of benzene rings is 2. The van der Waals surface area contributed by atoms with Gasteiger partial charge < -0.3 is 5.11 Å². The molecule has 8 heteroatoms. The van der Waals surface area contributed by atoms with Crippen LogP contribution >= 0.6 is 34.8 Å². The normalized spacial score (nSPS) is 18.2. The largest absolute Gasteiger partial charge is 0.392 e. The Hall–Kier alpha value is -1.34. The quantitative estimate of drug-likeness (QED) is 0.518. The Kier molecular flexibility index (Phi) is 7.20. The molecule has 2 atom stereocenters. The van der Waals surface area contributed by atoms with E-state index in [4.69, 9.17) is 34.8 Å². The molecule has 0 aromatic heterocycles. The Balaban J connectivity index is 1.78. The zero-order valence-corrected chi connectivity index (χ0v) is 17.3. The van der Waals surface area contributed by atoms with Crippen molar-refractivity contribution in [3.05, 3.63) is 68.7 Å². The maximum absolute atomic E-state index is 12.7. The molecule has 0 radical (unpaired) electrons. The Morgan fingerprint density at radius 1 is 1.14 bits per heavy atom. The van der Waals surface area contributed by atoms with Crippen molar-refractivity contribution in [3.63, 3.8) is 0 Å². The first-order valence-electron chi connectivity index (χ1n) is 8.94. The van der Waals surface area contributed by atoms with Crippen LogP contribution in [0.5, 0.6) is 0 Å². The third kappa shape index (κ3) is 5.38. The molecule has 28 heavy (non-hydrogen) atoms. The minimum absolute atomic E-state index is 0.0138. The number of carbonyl (C=O) groups is 1. The highest BCUT2D eigenvalue weighted by Crippen LogP contribution is 2.26. The van der Waals surface area contributed by atoms with Crippen LogP contribution in [0.4, 0.5) is 0 Å². The van der Waals surface area contributed by atoms with Crippen molar-refractivity contribution in [1.82, 2.24) is 9.96 Å². The molecule has 2 N–H and O–H groups in total. The molecule has 0 unspecified atom stereocenters. The predicted octanol–water partition coefficient (Wildman–Crippen LogP) is 4.22. The number of halogens is 3. The number of amides is 1. The van der Waals surface area contributed by atoms with Crippen molar-refractivity contribution in [2.24, 2.45) is 0 Å². The van der Waals surface area contributed by atoms with Crippen LogP contribution in [-0.4, -0.2) is 51.9 Å². The van der Waals surface area contributed by atoms with Gasteiger partial charge in [0, 0.05) is 24.7 Å². The average Bonchev–Trinajstić information content (AvgIpc) is 3.08. The summed E-state index contributed by atoms with van der Waals surface area (Å²) in [5.41, 5.74) is 1.42. The van der Waals surface area contributed by atoms with Crippen molar-refractivity contribution >= 4 is 40.7 Å². The van der Waals surface area contributed by atoms with Crippen molar-refractivity contribution < 1.29 is 15.1 Å². The summed E-state index contributed by atoms with van der Waals surface area (Å²) in [5.74, 6) is -0.460. The summed E-state index contributed by atoms with van der Waals surface area (Å²) in [5, 5.41) is 22.6. The first-order chi connectivity index (χ1) is 13.3. The second-order valence-corrected chi connectivity index (χ2v) is 8.18. The molecule has 1 aliphatic heterocycles. The van der Waals surface area contributed by atoms with Gasteiger partial charge in [0.05, 0.1) is 28.6 Å². The van der Waals surface area contributed by atoms with Gasteiger partial charge in [-0.1, -0.05) is 53.0 Å². The van der Waals surface area contributed by atoms with Crippen molar-refractivity contribution in [2.75, 3.05) is 19.6 Å². The van der Waals surface area contributed by atoms with Gasteiger partial charge in [0.25, 0.3) is 5.91 Å². The minimum Gasteiger partial charge on any atom is -0.392 e. The second kappa shape index (κ2) is 9.44. The van der Waals surface area contributed by atoms with E-state index >= 15 is 0 Å². The van der Waals surface area contributed by atoms with Crippen LogP contribution < -0.4 is 0 Å². The molecule has 2 aromatic rings. The summed E-state index contributed by atoms with van der Waals surface area (Å²) < 4.78 is 0. The third-order valence-electron chi connectivity index (χ3n) is 4.82. The summed E-state index contributed by atoms with van der Waals surface area (Å²) in [4.78, 5) is 14.8. The molecule has 0 saturated carbocycles. The van der Waals surface area contributed by atoms with Gasteiger partial charge in [0.2, 0.25) is 0 Å². The molecule has 3 rings (SSSR count). The highest BCUT2D eigenvalue weighted by molar-refractivity contribution is 6.42. The number of rotatable bonds is 6. The number of hydrogen-bond donors (Lipinski definition) is 2. The smallest absolute Gasteiger partial charge is 0.250 e. The lowest BCUT2D eigenvalue weighted by Gasteiger charge is -2.30. The van der Waals surface area contributed by atoms with Crippen molar-refractivity contribution in [3.8, 4) is 0 Å². The molecular weight excluding hydrogens is 423 g/mol. The number of likely N-dealkylation sites (tertiary alicyclic amines) is 1. The van der Waals surface area contributed by atoms with Gasteiger partial charge in [-0.15, -0.1) is 0 Å². The highest BCUT2D eigenvalue weighted by Gasteiger charge is 2.29. The number of aliphatic hydroxyl groups excluding tert-OH is 1. The standard InChI is InChI=1S/C20H21Cl3N2O3/c21-15-4-2-14(3-5-15)19(12-24-8-7-16(26)11-24)25(28)20(27)10-13-1-6-17(22)18(23)9-13/h1-6,9,16,19,26,28H,7-8,10-12H2/t16-,19+/m0/s1. The van der Waals surface area contributed by atoms with Crippen LogP contribution in [0.1, 0.15) is 23.6 Å². The van der Waals surface area contributed by atoms with Crippen LogP contribution in [-0.2, 0) is 11.2 Å². The summed E-state index contributed by atoms with van der Waals surface area (Å²) >= 11 is 17.9. The van der Waals surface area contributed by atoms with Gasteiger partial charge in [0.15, 0.2) is 0 Å². The van der Waals surface area contributed by atoms with Crippen LogP contribution in [0.15, 0.2) is 42.5 Å². The Bertz CT molecular complexity index is 832. The predicted molar refractivity (Wildman–Crippen MR) is 110 cm³/mol. The molecule has 0 bridgehead atoms. The molecule has 2 aromatic carbocycles. The number of β-amino-alcohol motifs (C(OH)–C–C–N with tert-alkyl or cyclic N) is 1. The summed E-state index contributed by atoms with van der Waals surface area (Å²) in [6.07, 6.45) is 0.278. The van der Waals surface area contributed by atoms with E-state index in [1.807, 2.05) is 4.90 Å². The molecule has 1 aliphatic rings. The van der Waals surface area contributed by atoms with Gasteiger partial charge in [-0.05, 0) is 41.8 Å². The topological polar surface area (TPSA) is 64.0 Å². The zero-order chi connectivity index (χ0) is 20.3. The van der Waals surface area contributed by atoms with Crippen LogP contribution in [0, 0.1) is 0 Å². The van der Waals surface area contributed by atoms with Crippen LogP contribution in [0.2, 0.25) is 15.1 Å². The SMILES string of the molecule is O=C(Cc1ccc(Cl)c(Cl)c1)N(O)[C@H](CN1CC[C@H](O)C1)c1ccc(Cl)cc1. The fourth-order valence-corrected chi connectivity index (χ4v) is 3.76. The molecule has 5 nitrogen and oxygen atoms in total. The molecule has 0 spiro atoms. The molecule has 1 saturated heterocycles. The first-order valence-corrected chi connectivity index (χ1v) is 10.1. The van der Waals surface area contributed by atoms with E-state index in [0.717, 1.165) is 10.6 Å². The Labute approximate surface area is 179 Å². The van der Waals surface area contributed by atoms with E-state index in [2.05, 4.69) is 0 Å². The Morgan fingerprint density at radius 2 is 1.86 bits per heavy atom. The second-order valence-electron chi connectivity index (χ2n) is 6.93. The molecule has 1 amide bonds. The van der Waals surface area contributed by atoms with E-state index < -0.39 is 11.9 Å². The van der Waals surface area contributed by atoms with Crippen molar-refractivity contribution in [2.45, 2.75) is 25.0 Å². The number of hydrogen-bond acceptors (Lipinski definition) is 4. The van der Waals surface area contributed by atoms with E-state index in [1.54, 1.807) is 42.5 Å². The van der Waals surface area contributed by atoms with E-state index in [1.165, 1.54) is 0 Å². The third-order valence-corrected chi connectivity index (χ3v) is 5.81.